The first-order valence-corrected chi connectivity index (χ1v) is 7.88. The van der Waals surface area contributed by atoms with Crippen LogP contribution in [0.5, 0.6) is 0 Å². The van der Waals surface area contributed by atoms with Crippen LogP contribution in [0.15, 0.2) is 12.1 Å². The topological polar surface area (TPSA) is 23.6 Å². The molecule has 0 aromatic heterocycles. The number of likely N-dealkylation sites (N-methyl/N-ethyl adjacent to an activating group) is 2. The normalized spacial score (nSPS) is 19.4. The average Bonchev–Trinajstić information content (AvgIpc) is 2.79. The molecular weight excluding hydrogens is 260 g/mol. The van der Waals surface area contributed by atoms with Gasteiger partial charge in [0.05, 0.1) is 6.54 Å². The molecule has 0 radical (unpaired) electrons. The number of hydrogen-bond donors (Lipinski definition) is 0. The van der Waals surface area contributed by atoms with E-state index in [2.05, 4.69) is 43.8 Å². The molecule has 1 fully saturated rings. The molecular formula is C18H28N2O. The molecule has 0 amide bonds. The summed E-state index contributed by atoms with van der Waals surface area (Å²) in [6.07, 6.45) is 2.52. The van der Waals surface area contributed by atoms with Crippen LogP contribution in [-0.4, -0.2) is 55.4 Å². The first-order valence-electron chi connectivity index (χ1n) is 7.88. The van der Waals surface area contributed by atoms with E-state index in [1.807, 2.05) is 13.0 Å². The van der Waals surface area contributed by atoms with Crippen molar-refractivity contribution in [3.05, 3.63) is 34.4 Å². The maximum absolute atomic E-state index is 12.5. The number of Topliss-reactive ketones (excluding diaryl/α,β-unsaturated/α-hetero) is 1. The van der Waals surface area contributed by atoms with Crippen LogP contribution in [0.25, 0.3) is 0 Å². The van der Waals surface area contributed by atoms with Crippen molar-refractivity contribution in [3.63, 3.8) is 0 Å². The zero-order valence-electron chi connectivity index (χ0n) is 14.1. The van der Waals surface area contributed by atoms with E-state index in [1.165, 1.54) is 30.5 Å². The minimum Gasteiger partial charge on any atom is -0.302 e. The second-order valence-corrected chi connectivity index (χ2v) is 6.65. The van der Waals surface area contributed by atoms with E-state index in [-0.39, 0.29) is 5.78 Å². The summed E-state index contributed by atoms with van der Waals surface area (Å²) in [6.45, 7) is 8.87. The van der Waals surface area contributed by atoms with Crippen molar-refractivity contribution >= 4 is 5.78 Å². The van der Waals surface area contributed by atoms with E-state index < -0.39 is 0 Å². The van der Waals surface area contributed by atoms with Gasteiger partial charge in [0, 0.05) is 18.2 Å². The summed E-state index contributed by atoms with van der Waals surface area (Å²) in [5, 5.41) is 0. The molecule has 1 aromatic carbocycles. The molecule has 1 aliphatic heterocycles. The third-order valence-electron chi connectivity index (χ3n) is 4.75. The van der Waals surface area contributed by atoms with Gasteiger partial charge in [-0.3, -0.25) is 9.69 Å². The standard InChI is InChI=1S/C18H28N2O/c1-13-9-15(3)17(10-14(13)2)18(21)12-19(4)11-16-7-6-8-20(16)5/h9-10,16H,6-8,11-12H2,1-5H3. The first-order chi connectivity index (χ1) is 9.88. The molecule has 0 spiro atoms. The zero-order valence-corrected chi connectivity index (χ0v) is 14.1. The van der Waals surface area contributed by atoms with Crippen molar-refractivity contribution in [2.75, 3.05) is 33.7 Å². The number of nitrogens with zero attached hydrogens (tertiary/aromatic N) is 2. The van der Waals surface area contributed by atoms with Crippen LogP contribution in [0.4, 0.5) is 0 Å². The highest BCUT2D eigenvalue weighted by atomic mass is 16.1. The molecule has 3 heteroatoms. The number of hydrogen-bond acceptors (Lipinski definition) is 3. The Balaban J connectivity index is 1.99. The van der Waals surface area contributed by atoms with Gasteiger partial charge in [-0.2, -0.15) is 0 Å². The summed E-state index contributed by atoms with van der Waals surface area (Å²) in [5.74, 6) is 0.235. The van der Waals surface area contributed by atoms with Gasteiger partial charge in [-0.15, -0.1) is 0 Å². The Morgan fingerprint density at radius 3 is 2.52 bits per heavy atom. The van der Waals surface area contributed by atoms with Gasteiger partial charge in [0.2, 0.25) is 0 Å². The van der Waals surface area contributed by atoms with Gasteiger partial charge >= 0.3 is 0 Å². The van der Waals surface area contributed by atoms with Gasteiger partial charge in [0.1, 0.15) is 0 Å². The maximum Gasteiger partial charge on any atom is 0.177 e. The largest absolute Gasteiger partial charge is 0.302 e. The molecule has 1 aliphatic rings. The highest BCUT2D eigenvalue weighted by molar-refractivity contribution is 5.99. The Labute approximate surface area is 128 Å². The van der Waals surface area contributed by atoms with Crippen LogP contribution >= 0.6 is 0 Å². The van der Waals surface area contributed by atoms with Crippen molar-refractivity contribution in [3.8, 4) is 0 Å². The summed E-state index contributed by atoms with van der Waals surface area (Å²) in [6, 6.07) is 4.76. The molecule has 1 saturated heterocycles. The molecule has 2 rings (SSSR count). The molecule has 1 unspecified atom stereocenters. The number of aryl methyl sites for hydroxylation is 3. The highest BCUT2D eigenvalue weighted by Crippen LogP contribution is 2.18. The molecule has 0 saturated carbocycles. The highest BCUT2D eigenvalue weighted by Gasteiger charge is 2.23. The Hall–Kier alpha value is -1.19. The molecule has 0 aliphatic carbocycles. The number of likely N-dealkylation sites (tertiary alicyclic amines) is 1. The smallest absolute Gasteiger partial charge is 0.177 e. The van der Waals surface area contributed by atoms with Crippen molar-refractivity contribution in [2.24, 2.45) is 0 Å². The molecule has 0 bridgehead atoms. The zero-order chi connectivity index (χ0) is 15.6. The molecule has 3 nitrogen and oxygen atoms in total. The monoisotopic (exact) mass is 288 g/mol. The van der Waals surface area contributed by atoms with E-state index in [0.717, 1.165) is 17.7 Å². The van der Waals surface area contributed by atoms with E-state index in [9.17, 15) is 4.79 Å². The van der Waals surface area contributed by atoms with Crippen LogP contribution in [0.1, 0.15) is 39.9 Å². The number of carbonyl (C=O) groups is 1. The molecule has 1 heterocycles. The number of rotatable bonds is 5. The third-order valence-corrected chi connectivity index (χ3v) is 4.75. The van der Waals surface area contributed by atoms with Gasteiger partial charge in [-0.05, 0) is 77.0 Å². The minimum atomic E-state index is 0.235. The summed E-state index contributed by atoms with van der Waals surface area (Å²) >= 11 is 0. The van der Waals surface area contributed by atoms with Gasteiger partial charge in [-0.25, -0.2) is 0 Å². The molecule has 1 aromatic rings. The van der Waals surface area contributed by atoms with Gasteiger partial charge in [0.15, 0.2) is 5.78 Å². The Morgan fingerprint density at radius 1 is 1.24 bits per heavy atom. The van der Waals surface area contributed by atoms with Crippen LogP contribution in [0.2, 0.25) is 0 Å². The van der Waals surface area contributed by atoms with Crippen molar-refractivity contribution < 1.29 is 4.79 Å². The molecule has 0 N–H and O–H groups in total. The summed E-state index contributed by atoms with van der Waals surface area (Å²) in [5.41, 5.74) is 4.42. The fourth-order valence-corrected chi connectivity index (χ4v) is 3.23. The average molecular weight is 288 g/mol. The van der Waals surface area contributed by atoms with E-state index >= 15 is 0 Å². The summed E-state index contributed by atoms with van der Waals surface area (Å²) < 4.78 is 0. The van der Waals surface area contributed by atoms with Crippen LogP contribution in [0, 0.1) is 20.8 Å². The van der Waals surface area contributed by atoms with Crippen LogP contribution in [0.3, 0.4) is 0 Å². The number of ketones is 1. The lowest BCUT2D eigenvalue weighted by atomic mass is 9.98. The second kappa shape index (κ2) is 6.71. The maximum atomic E-state index is 12.5. The fourth-order valence-electron chi connectivity index (χ4n) is 3.23. The fraction of sp³-hybridized carbons (Fsp3) is 0.611. The summed E-state index contributed by atoms with van der Waals surface area (Å²) in [4.78, 5) is 17.1. The Morgan fingerprint density at radius 2 is 1.90 bits per heavy atom. The number of carbonyl (C=O) groups excluding carboxylic acids is 1. The van der Waals surface area contributed by atoms with Crippen molar-refractivity contribution in [1.29, 1.82) is 0 Å². The van der Waals surface area contributed by atoms with E-state index in [0.29, 0.717) is 12.6 Å². The van der Waals surface area contributed by atoms with E-state index in [1.54, 1.807) is 0 Å². The lowest BCUT2D eigenvalue weighted by molar-refractivity contribution is 0.0931. The SMILES string of the molecule is Cc1cc(C)c(C(=O)CN(C)CC2CCCN2C)cc1C. The second-order valence-electron chi connectivity index (χ2n) is 6.65. The van der Waals surface area contributed by atoms with Crippen LogP contribution in [-0.2, 0) is 0 Å². The van der Waals surface area contributed by atoms with E-state index in [4.69, 9.17) is 0 Å². The minimum absolute atomic E-state index is 0.235. The number of benzene rings is 1. The van der Waals surface area contributed by atoms with Gasteiger partial charge in [0.25, 0.3) is 0 Å². The van der Waals surface area contributed by atoms with Crippen LogP contribution < -0.4 is 0 Å². The predicted molar refractivity (Wildman–Crippen MR) is 88.1 cm³/mol. The van der Waals surface area contributed by atoms with Gasteiger partial charge < -0.3 is 4.90 Å². The predicted octanol–water partition coefficient (Wildman–Crippen LogP) is 2.82. The molecule has 1 atom stereocenters. The first kappa shape index (κ1) is 16.2. The molecule has 21 heavy (non-hydrogen) atoms. The van der Waals surface area contributed by atoms with Crippen molar-refractivity contribution in [1.82, 2.24) is 9.80 Å². The summed E-state index contributed by atoms with van der Waals surface area (Å²) in [7, 11) is 4.24. The quantitative estimate of drug-likeness (QED) is 0.778. The van der Waals surface area contributed by atoms with Gasteiger partial charge in [-0.1, -0.05) is 6.07 Å². The lowest BCUT2D eigenvalue weighted by Gasteiger charge is -2.25. The third kappa shape index (κ3) is 3.92. The molecule has 116 valence electrons. The Kier molecular flexibility index (Phi) is 5.17. The lowest BCUT2D eigenvalue weighted by Crippen LogP contribution is -2.38. The Bertz CT molecular complexity index is 524. The van der Waals surface area contributed by atoms with Crippen molar-refractivity contribution in [2.45, 2.75) is 39.7 Å².